The van der Waals surface area contributed by atoms with Gasteiger partial charge in [-0.05, 0) is 89.8 Å². The SMILES string of the molecule is CCOc1cc(C=NNC(=O)Nc2ccccc2)cc(Br)c1OCCOc1ccc(C)c(C)c1. The summed E-state index contributed by atoms with van der Waals surface area (Å²) in [6, 6.07) is 18.3. The number of rotatable bonds is 10. The number of benzene rings is 3. The second kappa shape index (κ2) is 12.6. The van der Waals surface area contributed by atoms with Crippen molar-refractivity contribution in [3.63, 3.8) is 0 Å². The molecule has 34 heavy (non-hydrogen) atoms. The predicted octanol–water partition coefficient (Wildman–Crippen LogP) is 6.08. The Hall–Kier alpha value is -3.52. The number of nitrogens with zero attached hydrogens (tertiary/aromatic N) is 1. The zero-order valence-electron chi connectivity index (χ0n) is 19.4. The molecule has 8 heteroatoms. The fraction of sp³-hybridized carbons (Fsp3) is 0.231. The van der Waals surface area contributed by atoms with Crippen molar-refractivity contribution in [3.05, 3.63) is 81.8 Å². The number of ether oxygens (including phenoxy) is 3. The van der Waals surface area contributed by atoms with Crippen molar-refractivity contribution in [2.24, 2.45) is 5.10 Å². The van der Waals surface area contributed by atoms with Crippen molar-refractivity contribution >= 4 is 33.9 Å². The van der Waals surface area contributed by atoms with Crippen molar-refractivity contribution in [1.82, 2.24) is 5.43 Å². The highest BCUT2D eigenvalue weighted by Gasteiger charge is 2.12. The number of aryl methyl sites for hydroxylation is 2. The van der Waals surface area contributed by atoms with Gasteiger partial charge in [0.25, 0.3) is 0 Å². The van der Waals surface area contributed by atoms with E-state index in [1.807, 2.05) is 49.4 Å². The van der Waals surface area contributed by atoms with Gasteiger partial charge in [-0.25, -0.2) is 10.2 Å². The standard InChI is InChI=1S/C26H28BrN3O4/c1-4-32-24-16-20(17-28-30-26(31)29-21-8-6-5-7-9-21)15-23(27)25(24)34-13-12-33-22-11-10-18(2)19(3)14-22/h5-11,14-17H,4,12-13H2,1-3H3,(H2,29,30,31). The quantitative estimate of drug-likeness (QED) is 0.191. The zero-order valence-corrected chi connectivity index (χ0v) is 21.0. The third kappa shape index (κ3) is 7.52. The first-order valence-electron chi connectivity index (χ1n) is 10.9. The summed E-state index contributed by atoms with van der Waals surface area (Å²) in [6.45, 7) is 7.24. The summed E-state index contributed by atoms with van der Waals surface area (Å²) in [5.74, 6) is 1.96. The second-order valence-electron chi connectivity index (χ2n) is 7.40. The summed E-state index contributed by atoms with van der Waals surface area (Å²) < 4.78 is 18.2. The number of carbonyl (C=O) groups is 1. The molecular weight excluding hydrogens is 498 g/mol. The number of hydrazone groups is 1. The Bertz CT molecular complexity index is 1140. The molecule has 0 aliphatic heterocycles. The van der Waals surface area contributed by atoms with Crippen LogP contribution in [0.15, 0.2) is 70.2 Å². The van der Waals surface area contributed by atoms with Crippen molar-refractivity contribution in [2.45, 2.75) is 20.8 Å². The largest absolute Gasteiger partial charge is 0.490 e. The van der Waals surface area contributed by atoms with E-state index in [-0.39, 0.29) is 0 Å². The van der Waals surface area contributed by atoms with E-state index >= 15 is 0 Å². The smallest absolute Gasteiger partial charge is 0.339 e. The van der Waals surface area contributed by atoms with Crippen LogP contribution in [0.1, 0.15) is 23.6 Å². The first-order valence-corrected chi connectivity index (χ1v) is 11.7. The van der Waals surface area contributed by atoms with Gasteiger partial charge in [0.15, 0.2) is 11.5 Å². The maximum absolute atomic E-state index is 12.0. The molecule has 0 unspecified atom stereocenters. The van der Waals surface area contributed by atoms with Crippen molar-refractivity contribution in [3.8, 4) is 17.2 Å². The third-order valence-electron chi connectivity index (χ3n) is 4.82. The molecule has 7 nitrogen and oxygen atoms in total. The summed E-state index contributed by atoms with van der Waals surface area (Å²) in [7, 11) is 0. The van der Waals surface area contributed by atoms with Crippen LogP contribution in [-0.4, -0.2) is 32.1 Å². The maximum Gasteiger partial charge on any atom is 0.339 e. The van der Waals surface area contributed by atoms with Crippen LogP contribution >= 0.6 is 15.9 Å². The molecule has 0 saturated heterocycles. The fourth-order valence-electron chi connectivity index (χ4n) is 3.02. The van der Waals surface area contributed by atoms with E-state index in [2.05, 4.69) is 45.6 Å². The lowest BCUT2D eigenvalue weighted by atomic mass is 10.1. The molecule has 0 fully saturated rings. The Morgan fingerprint density at radius 1 is 0.971 bits per heavy atom. The molecule has 3 aromatic rings. The van der Waals surface area contributed by atoms with Gasteiger partial charge in [0.05, 0.1) is 17.3 Å². The average Bonchev–Trinajstić information content (AvgIpc) is 2.81. The monoisotopic (exact) mass is 525 g/mol. The van der Waals surface area contributed by atoms with Gasteiger partial charge in [0.2, 0.25) is 0 Å². The van der Waals surface area contributed by atoms with Crippen LogP contribution < -0.4 is 25.0 Å². The van der Waals surface area contributed by atoms with Gasteiger partial charge in [-0.3, -0.25) is 0 Å². The van der Waals surface area contributed by atoms with Gasteiger partial charge >= 0.3 is 6.03 Å². The van der Waals surface area contributed by atoms with Crippen LogP contribution in [0.5, 0.6) is 17.2 Å². The number of nitrogens with one attached hydrogen (secondary N) is 2. The molecule has 2 N–H and O–H groups in total. The molecule has 3 aromatic carbocycles. The van der Waals surface area contributed by atoms with Crippen LogP contribution in [0.25, 0.3) is 0 Å². The molecule has 0 spiro atoms. The summed E-state index contributed by atoms with van der Waals surface area (Å²) in [5, 5.41) is 6.70. The summed E-state index contributed by atoms with van der Waals surface area (Å²) in [5.41, 5.74) is 6.27. The molecular formula is C26H28BrN3O4. The Kier molecular flexibility index (Phi) is 9.34. The molecule has 3 rings (SSSR count). The van der Waals surface area contributed by atoms with E-state index < -0.39 is 6.03 Å². The van der Waals surface area contributed by atoms with Gasteiger partial charge in [-0.1, -0.05) is 24.3 Å². The highest BCUT2D eigenvalue weighted by Crippen LogP contribution is 2.36. The lowest BCUT2D eigenvalue weighted by Crippen LogP contribution is -2.24. The Balaban J connectivity index is 1.57. The van der Waals surface area contributed by atoms with E-state index in [0.717, 1.165) is 11.3 Å². The third-order valence-corrected chi connectivity index (χ3v) is 5.41. The molecule has 0 atom stereocenters. The number of urea groups is 1. The highest BCUT2D eigenvalue weighted by atomic mass is 79.9. The number of para-hydroxylation sites is 1. The average molecular weight is 526 g/mol. The molecule has 0 aromatic heterocycles. The minimum absolute atomic E-state index is 0.347. The van der Waals surface area contributed by atoms with Gasteiger partial charge in [0.1, 0.15) is 19.0 Å². The lowest BCUT2D eigenvalue weighted by Gasteiger charge is -2.15. The van der Waals surface area contributed by atoms with Crippen LogP contribution in [0, 0.1) is 13.8 Å². The van der Waals surface area contributed by atoms with E-state index in [1.165, 1.54) is 17.3 Å². The van der Waals surface area contributed by atoms with Crippen LogP contribution in [0.4, 0.5) is 10.5 Å². The molecule has 0 bridgehead atoms. The number of anilines is 1. The molecule has 0 aliphatic rings. The zero-order chi connectivity index (χ0) is 24.3. The number of hydrogen-bond acceptors (Lipinski definition) is 5. The van der Waals surface area contributed by atoms with Gasteiger partial charge in [-0.15, -0.1) is 0 Å². The minimum Gasteiger partial charge on any atom is -0.490 e. The summed E-state index contributed by atoms with van der Waals surface area (Å²) >= 11 is 3.54. The van der Waals surface area contributed by atoms with E-state index in [1.54, 1.807) is 18.2 Å². The first kappa shape index (κ1) is 25.1. The lowest BCUT2D eigenvalue weighted by molar-refractivity contribution is 0.207. The van der Waals surface area contributed by atoms with Crippen molar-refractivity contribution in [2.75, 3.05) is 25.1 Å². The van der Waals surface area contributed by atoms with E-state index in [9.17, 15) is 4.79 Å². The van der Waals surface area contributed by atoms with Crippen molar-refractivity contribution < 1.29 is 19.0 Å². The normalized spacial score (nSPS) is 10.7. The van der Waals surface area contributed by atoms with Gasteiger partial charge in [0, 0.05) is 5.69 Å². The Morgan fingerprint density at radius 3 is 2.47 bits per heavy atom. The summed E-state index contributed by atoms with van der Waals surface area (Å²) in [4.78, 5) is 12.0. The first-order chi connectivity index (χ1) is 16.5. The fourth-order valence-corrected chi connectivity index (χ4v) is 3.59. The topological polar surface area (TPSA) is 81.2 Å². The molecule has 0 saturated carbocycles. The molecule has 0 heterocycles. The highest BCUT2D eigenvalue weighted by molar-refractivity contribution is 9.10. The number of carbonyl (C=O) groups excluding carboxylic acids is 1. The Labute approximate surface area is 208 Å². The molecule has 2 amide bonds. The van der Waals surface area contributed by atoms with E-state index in [0.29, 0.717) is 41.5 Å². The summed E-state index contributed by atoms with van der Waals surface area (Å²) in [6.07, 6.45) is 1.53. The van der Waals surface area contributed by atoms with Gasteiger partial charge < -0.3 is 19.5 Å². The van der Waals surface area contributed by atoms with Crippen molar-refractivity contribution in [1.29, 1.82) is 0 Å². The van der Waals surface area contributed by atoms with Crippen LogP contribution in [0.2, 0.25) is 0 Å². The number of amides is 2. The van der Waals surface area contributed by atoms with E-state index in [4.69, 9.17) is 14.2 Å². The molecule has 0 aliphatic carbocycles. The molecule has 178 valence electrons. The van der Waals surface area contributed by atoms with Crippen LogP contribution in [0.3, 0.4) is 0 Å². The molecule has 0 radical (unpaired) electrons. The minimum atomic E-state index is -0.435. The van der Waals surface area contributed by atoms with Gasteiger partial charge in [-0.2, -0.15) is 5.10 Å². The second-order valence-corrected chi connectivity index (χ2v) is 8.25. The number of halogens is 1. The number of hydrogen-bond donors (Lipinski definition) is 2. The predicted molar refractivity (Wildman–Crippen MR) is 138 cm³/mol. The van der Waals surface area contributed by atoms with Crippen LogP contribution in [-0.2, 0) is 0 Å². The maximum atomic E-state index is 12.0. The Morgan fingerprint density at radius 2 is 1.74 bits per heavy atom.